The van der Waals surface area contributed by atoms with E-state index in [2.05, 4.69) is 28.3 Å². The van der Waals surface area contributed by atoms with Crippen LogP contribution >= 0.6 is 0 Å². The predicted molar refractivity (Wildman–Crippen MR) is 101 cm³/mol. The van der Waals surface area contributed by atoms with E-state index >= 15 is 0 Å². The van der Waals surface area contributed by atoms with Gasteiger partial charge in [0, 0.05) is 31.6 Å². The second-order valence-electron chi connectivity index (χ2n) is 6.32. The van der Waals surface area contributed by atoms with Gasteiger partial charge < -0.3 is 10.2 Å². The van der Waals surface area contributed by atoms with E-state index in [1.54, 1.807) is 25.3 Å². The Hall–Kier alpha value is -2.95. The van der Waals surface area contributed by atoms with E-state index in [0.29, 0.717) is 5.56 Å². The summed E-state index contributed by atoms with van der Waals surface area (Å²) in [5, 5.41) is 4.42. The van der Waals surface area contributed by atoms with Gasteiger partial charge in [0.2, 0.25) is 0 Å². The monoisotopic (exact) mass is 334 g/mol. The number of aromatic nitrogens is 2. The summed E-state index contributed by atoms with van der Waals surface area (Å²) in [7, 11) is 3.53. The number of nitrogens with zero attached hydrogens (tertiary/aromatic N) is 3. The molecule has 128 valence electrons. The summed E-state index contributed by atoms with van der Waals surface area (Å²) in [5.74, 6) is 0.862. The molecule has 0 aliphatic carbocycles. The Morgan fingerprint density at radius 2 is 1.96 bits per heavy atom. The fraction of sp³-hybridized carbons (Fsp3) is 0.250. The van der Waals surface area contributed by atoms with Crippen molar-refractivity contribution in [2.75, 3.05) is 26.0 Å². The Kier molecular flexibility index (Phi) is 4.93. The van der Waals surface area contributed by atoms with E-state index in [9.17, 15) is 4.79 Å². The van der Waals surface area contributed by atoms with Crippen molar-refractivity contribution < 1.29 is 4.79 Å². The number of fused-ring (bicyclic) bond motifs is 1. The largest absolute Gasteiger partial charge is 0.369 e. The first kappa shape index (κ1) is 16.9. The first-order valence-electron chi connectivity index (χ1n) is 8.30. The maximum Gasteiger partial charge on any atom is 0.253 e. The Bertz CT molecular complexity index is 905. The number of anilines is 1. The highest BCUT2D eigenvalue weighted by Gasteiger charge is 2.08. The minimum Gasteiger partial charge on any atom is -0.369 e. The van der Waals surface area contributed by atoms with Crippen molar-refractivity contribution in [3.8, 4) is 0 Å². The summed E-state index contributed by atoms with van der Waals surface area (Å²) in [5.41, 5.74) is 3.95. The second-order valence-corrected chi connectivity index (χ2v) is 6.32. The Labute approximate surface area is 147 Å². The molecule has 1 N–H and O–H groups in total. The molecule has 3 rings (SSSR count). The molecule has 5 heteroatoms. The van der Waals surface area contributed by atoms with Crippen LogP contribution in [0, 0.1) is 6.92 Å². The SMILES string of the molecule is Cc1ccc2ncnc(NCCc3cccc(C(=O)N(C)C)c3)c2c1. The van der Waals surface area contributed by atoms with E-state index in [1.807, 2.05) is 36.4 Å². The van der Waals surface area contributed by atoms with Crippen molar-refractivity contribution in [2.24, 2.45) is 0 Å². The topological polar surface area (TPSA) is 58.1 Å². The van der Waals surface area contributed by atoms with Gasteiger partial charge in [0.15, 0.2) is 0 Å². The fourth-order valence-electron chi connectivity index (χ4n) is 2.75. The highest BCUT2D eigenvalue weighted by molar-refractivity contribution is 5.94. The van der Waals surface area contributed by atoms with Gasteiger partial charge >= 0.3 is 0 Å². The van der Waals surface area contributed by atoms with Crippen LogP contribution in [0.3, 0.4) is 0 Å². The third-order valence-corrected chi connectivity index (χ3v) is 4.08. The molecule has 25 heavy (non-hydrogen) atoms. The average Bonchev–Trinajstić information content (AvgIpc) is 2.61. The average molecular weight is 334 g/mol. The van der Waals surface area contributed by atoms with Gasteiger partial charge in [0.1, 0.15) is 12.1 Å². The van der Waals surface area contributed by atoms with Crippen LogP contribution in [0.5, 0.6) is 0 Å². The van der Waals surface area contributed by atoms with Gasteiger partial charge in [0.05, 0.1) is 5.52 Å². The van der Waals surface area contributed by atoms with Gasteiger partial charge in [-0.25, -0.2) is 9.97 Å². The molecule has 0 saturated heterocycles. The number of carbonyl (C=O) groups is 1. The maximum absolute atomic E-state index is 12.1. The number of hydrogen-bond acceptors (Lipinski definition) is 4. The summed E-state index contributed by atoms with van der Waals surface area (Å²) in [4.78, 5) is 22.3. The molecule has 1 heterocycles. The summed E-state index contributed by atoms with van der Waals surface area (Å²) in [6.45, 7) is 2.79. The van der Waals surface area contributed by atoms with E-state index in [1.165, 1.54) is 5.56 Å². The third kappa shape index (κ3) is 3.94. The number of amides is 1. The third-order valence-electron chi connectivity index (χ3n) is 4.08. The molecular weight excluding hydrogens is 312 g/mol. The zero-order chi connectivity index (χ0) is 17.8. The van der Waals surface area contributed by atoms with Gasteiger partial charge in [-0.1, -0.05) is 23.8 Å². The zero-order valence-corrected chi connectivity index (χ0v) is 14.8. The number of benzene rings is 2. The van der Waals surface area contributed by atoms with Crippen LogP contribution in [0.1, 0.15) is 21.5 Å². The molecule has 0 saturated carbocycles. The van der Waals surface area contributed by atoms with E-state index in [-0.39, 0.29) is 5.91 Å². The Morgan fingerprint density at radius 1 is 1.12 bits per heavy atom. The molecule has 0 fully saturated rings. The molecule has 2 aromatic carbocycles. The lowest BCUT2D eigenvalue weighted by atomic mass is 10.1. The second kappa shape index (κ2) is 7.30. The van der Waals surface area contributed by atoms with Crippen molar-refractivity contribution in [1.29, 1.82) is 0 Å². The molecule has 0 aliphatic rings. The lowest BCUT2D eigenvalue weighted by molar-refractivity contribution is 0.0827. The molecule has 1 aromatic heterocycles. The van der Waals surface area contributed by atoms with Crippen molar-refractivity contribution in [3.63, 3.8) is 0 Å². The van der Waals surface area contributed by atoms with Crippen LogP contribution in [0.15, 0.2) is 48.8 Å². The Balaban J connectivity index is 1.71. The van der Waals surface area contributed by atoms with Gasteiger partial charge in [-0.05, 0) is 43.2 Å². The van der Waals surface area contributed by atoms with Gasteiger partial charge in [-0.3, -0.25) is 4.79 Å². The summed E-state index contributed by atoms with van der Waals surface area (Å²) in [6, 6.07) is 13.9. The standard InChI is InChI=1S/C20H22N4O/c1-14-7-8-18-17(11-14)19(23-13-22-18)21-10-9-15-5-4-6-16(12-15)20(25)24(2)3/h4-8,11-13H,9-10H2,1-3H3,(H,21,22,23). The van der Waals surface area contributed by atoms with Gasteiger partial charge in [-0.2, -0.15) is 0 Å². The van der Waals surface area contributed by atoms with Crippen LogP contribution in [0.4, 0.5) is 5.82 Å². The van der Waals surface area contributed by atoms with Crippen molar-refractivity contribution in [2.45, 2.75) is 13.3 Å². The molecule has 5 nitrogen and oxygen atoms in total. The quantitative estimate of drug-likeness (QED) is 0.778. The van der Waals surface area contributed by atoms with Gasteiger partial charge in [0.25, 0.3) is 5.91 Å². The lowest BCUT2D eigenvalue weighted by Crippen LogP contribution is -2.21. The van der Waals surface area contributed by atoms with E-state index < -0.39 is 0 Å². The summed E-state index contributed by atoms with van der Waals surface area (Å²) < 4.78 is 0. The maximum atomic E-state index is 12.1. The molecule has 1 amide bonds. The first-order chi connectivity index (χ1) is 12.0. The Morgan fingerprint density at radius 3 is 2.76 bits per heavy atom. The van der Waals surface area contributed by atoms with Crippen molar-refractivity contribution in [3.05, 3.63) is 65.5 Å². The summed E-state index contributed by atoms with van der Waals surface area (Å²) in [6.07, 6.45) is 2.39. The molecular formula is C20H22N4O. The number of hydrogen-bond donors (Lipinski definition) is 1. The molecule has 0 aliphatic heterocycles. The van der Waals surface area contributed by atoms with Crippen LogP contribution in [-0.2, 0) is 6.42 Å². The molecule has 3 aromatic rings. The lowest BCUT2D eigenvalue weighted by Gasteiger charge is -2.12. The molecule has 0 bridgehead atoms. The number of nitrogens with one attached hydrogen (secondary N) is 1. The highest BCUT2D eigenvalue weighted by atomic mass is 16.2. The van der Waals surface area contributed by atoms with Crippen LogP contribution in [0.25, 0.3) is 10.9 Å². The molecule has 0 radical (unpaired) electrons. The van der Waals surface area contributed by atoms with Crippen LogP contribution in [0.2, 0.25) is 0 Å². The minimum absolute atomic E-state index is 0.0204. The predicted octanol–water partition coefficient (Wildman–Crippen LogP) is 3.29. The van der Waals surface area contributed by atoms with Crippen LogP contribution < -0.4 is 5.32 Å². The number of aryl methyl sites for hydroxylation is 1. The van der Waals surface area contributed by atoms with Gasteiger partial charge in [-0.15, -0.1) is 0 Å². The van der Waals surface area contributed by atoms with Crippen molar-refractivity contribution >= 4 is 22.6 Å². The first-order valence-corrected chi connectivity index (χ1v) is 8.30. The van der Waals surface area contributed by atoms with Crippen molar-refractivity contribution in [1.82, 2.24) is 14.9 Å². The molecule has 0 spiro atoms. The fourth-order valence-corrected chi connectivity index (χ4v) is 2.75. The minimum atomic E-state index is 0.0204. The number of carbonyl (C=O) groups excluding carboxylic acids is 1. The smallest absolute Gasteiger partial charge is 0.253 e. The number of rotatable bonds is 5. The highest BCUT2D eigenvalue weighted by Crippen LogP contribution is 2.20. The summed E-state index contributed by atoms with van der Waals surface area (Å²) >= 11 is 0. The van der Waals surface area contributed by atoms with Crippen LogP contribution in [-0.4, -0.2) is 41.4 Å². The molecule has 0 atom stereocenters. The zero-order valence-electron chi connectivity index (χ0n) is 14.8. The normalized spacial score (nSPS) is 10.7. The molecule has 0 unspecified atom stereocenters. The van der Waals surface area contributed by atoms with E-state index in [4.69, 9.17) is 0 Å². The van der Waals surface area contributed by atoms with E-state index in [0.717, 1.165) is 35.2 Å².